The highest BCUT2D eigenvalue weighted by Crippen LogP contribution is 2.26. The molecular weight excluding hydrogens is 769 g/mol. The number of hydrogen-bond acceptors (Lipinski definition) is 9. The Hall–Kier alpha value is -5.27. The van der Waals surface area contributed by atoms with Crippen molar-refractivity contribution in [3.63, 3.8) is 0 Å². The van der Waals surface area contributed by atoms with Crippen LogP contribution in [0.2, 0.25) is 10.0 Å². The molecule has 0 spiro atoms. The molecule has 14 heteroatoms. The number of ketones is 1. The second kappa shape index (κ2) is 20.2. The molecule has 1 aliphatic heterocycles. The number of carbonyl (C=O) groups excluding carboxylic acids is 4. The van der Waals surface area contributed by atoms with Gasteiger partial charge in [0.1, 0.15) is 24.2 Å². The van der Waals surface area contributed by atoms with Crippen LogP contribution in [0.3, 0.4) is 0 Å². The van der Waals surface area contributed by atoms with Gasteiger partial charge in [0.15, 0.2) is 5.58 Å². The van der Waals surface area contributed by atoms with Crippen LogP contribution in [0.25, 0.3) is 11.1 Å². The van der Waals surface area contributed by atoms with Crippen LogP contribution >= 0.6 is 23.2 Å². The maximum absolute atomic E-state index is 14.6. The molecule has 4 aromatic carbocycles. The zero-order valence-corrected chi connectivity index (χ0v) is 32.8. The van der Waals surface area contributed by atoms with Crippen molar-refractivity contribution in [2.45, 2.75) is 76.0 Å². The predicted molar refractivity (Wildman–Crippen MR) is 217 cm³/mol. The first-order valence-electron chi connectivity index (χ1n) is 18.9. The van der Waals surface area contributed by atoms with Gasteiger partial charge in [-0.3, -0.25) is 14.4 Å². The average Bonchev–Trinajstić information content (AvgIpc) is 3.86. The summed E-state index contributed by atoms with van der Waals surface area (Å²) in [5.41, 5.74) is 9.16. The third kappa shape index (κ3) is 11.6. The molecule has 1 aliphatic rings. The molecule has 0 saturated carbocycles. The number of rotatable bonds is 18. The summed E-state index contributed by atoms with van der Waals surface area (Å²) in [7, 11) is 0. The van der Waals surface area contributed by atoms with Crippen molar-refractivity contribution < 1.29 is 33.1 Å². The summed E-state index contributed by atoms with van der Waals surface area (Å²) in [4.78, 5) is 61.9. The summed E-state index contributed by atoms with van der Waals surface area (Å²) in [5, 5.41) is 6.69. The smallest absolute Gasteiger partial charge is 0.408 e. The Kier molecular flexibility index (Phi) is 14.7. The predicted octanol–water partition coefficient (Wildman–Crippen LogP) is 7.05. The van der Waals surface area contributed by atoms with Crippen molar-refractivity contribution >= 4 is 58.0 Å². The van der Waals surface area contributed by atoms with E-state index in [9.17, 15) is 19.2 Å². The van der Waals surface area contributed by atoms with Crippen LogP contribution in [0.5, 0.6) is 0 Å². The van der Waals surface area contributed by atoms with E-state index in [0.29, 0.717) is 47.0 Å². The number of aryl methyl sites for hydroxylation is 1. The van der Waals surface area contributed by atoms with Crippen LogP contribution in [-0.2, 0) is 38.7 Å². The summed E-state index contributed by atoms with van der Waals surface area (Å²) in [6.45, 7) is 0.680. The fraction of sp³-hybridized carbons (Fsp3) is 0.326. The highest BCUT2D eigenvalue weighted by Gasteiger charge is 2.43. The Labute approximate surface area is 341 Å². The first-order valence-corrected chi connectivity index (χ1v) is 19.7. The van der Waals surface area contributed by atoms with E-state index < -0.39 is 47.9 Å². The number of oxazole rings is 1. The van der Waals surface area contributed by atoms with Gasteiger partial charge in [-0.15, -0.1) is 0 Å². The summed E-state index contributed by atoms with van der Waals surface area (Å²) < 4.78 is 17.6. The summed E-state index contributed by atoms with van der Waals surface area (Å²) in [6, 6.07) is 27.7. The van der Waals surface area contributed by atoms with E-state index in [-0.39, 0.29) is 44.9 Å². The van der Waals surface area contributed by atoms with E-state index in [1.807, 2.05) is 72.8 Å². The Morgan fingerprint density at radius 2 is 1.49 bits per heavy atom. The highest BCUT2D eigenvalue weighted by atomic mass is 35.5. The molecule has 0 aliphatic carbocycles. The number of aromatic nitrogens is 1. The minimum Gasteiger partial charge on any atom is -0.445 e. The number of ether oxygens (including phenoxy) is 2. The molecule has 3 amide bonds. The normalized spacial score (nSPS) is 16.2. The number of fused-ring (bicyclic) bond motifs is 1. The van der Waals surface area contributed by atoms with Gasteiger partial charge in [0.05, 0.1) is 18.8 Å². The third-order valence-corrected chi connectivity index (χ3v) is 10.2. The molecule has 298 valence electrons. The molecule has 5 aromatic rings. The molecule has 4 atom stereocenters. The van der Waals surface area contributed by atoms with E-state index in [1.54, 1.807) is 30.3 Å². The lowest BCUT2D eigenvalue weighted by atomic mass is 10.0. The molecule has 12 nitrogen and oxygen atoms in total. The third-order valence-electron chi connectivity index (χ3n) is 9.76. The summed E-state index contributed by atoms with van der Waals surface area (Å²) >= 11 is 12.2. The Bertz CT molecular complexity index is 2120. The number of nitrogens with two attached hydrogens (primary N) is 1. The number of alkyl carbamates (subject to hydrolysis) is 1. The van der Waals surface area contributed by atoms with Gasteiger partial charge in [-0.25, -0.2) is 9.78 Å². The van der Waals surface area contributed by atoms with Crippen LogP contribution in [0.15, 0.2) is 108 Å². The summed E-state index contributed by atoms with van der Waals surface area (Å²) in [5.74, 6) is -1.74. The molecule has 1 saturated heterocycles. The lowest BCUT2D eigenvalue weighted by molar-refractivity contribution is -0.140. The maximum Gasteiger partial charge on any atom is 0.408 e. The molecule has 57 heavy (non-hydrogen) atoms. The largest absolute Gasteiger partial charge is 0.445 e. The maximum atomic E-state index is 14.6. The van der Waals surface area contributed by atoms with Crippen LogP contribution in [0.1, 0.15) is 59.5 Å². The first kappa shape index (κ1) is 41.4. The summed E-state index contributed by atoms with van der Waals surface area (Å²) in [6.07, 6.45) is 0.923. The van der Waals surface area contributed by atoms with E-state index in [1.165, 1.54) is 4.90 Å². The van der Waals surface area contributed by atoms with Gasteiger partial charge >= 0.3 is 6.09 Å². The molecule has 4 N–H and O–H groups in total. The monoisotopic (exact) mass is 813 g/mol. The van der Waals surface area contributed by atoms with Gasteiger partial charge in [0, 0.05) is 23.0 Å². The Morgan fingerprint density at radius 3 is 2.21 bits per heavy atom. The fourth-order valence-electron chi connectivity index (χ4n) is 6.71. The van der Waals surface area contributed by atoms with Gasteiger partial charge in [-0.1, -0.05) is 96.0 Å². The van der Waals surface area contributed by atoms with Crippen molar-refractivity contribution in [3.05, 3.63) is 136 Å². The van der Waals surface area contributed by atoms with Crippen molar-refractivity contribution in [1.82, 2.24) is 20.5 Å². The second-order valence-corrected chi connectivity index (χ2v) is 14.8. The van der Waals surface area contributed by atoms with Crippen LogP contribution < -0.4 is 16.4 Å². The molecule has 1 fully saturated rings. The van der Waals surface area contributed by atoms with Gasteiger partial charge in [-0.2, -0.15) is 0 Å². The van der Waals surface area contributed by atoms with Gasteiger partial charge in [0.2, 0.25) is 17.6 Å². The number of likely N-dealkylation sites (tertiary alicyclic amines) is 1. The number of hydrogen-bond donors (Lipinski definition) is 3. The zero-order chi connectivity index (χ0) is 40.1. The van der Waals surface area contributed by atoms with Crippen LogP contribution in [0.4, 0.5) is 4.79 Å². The minimum absolute atomic E-state index is 0.00826. The van der Waals surface area contributed by atoms with E-state index in [4.69, 9.17) is 42.8 Å². The fourth-order valence-corrected chi connectivity index (χ4v) is 7.00. The highest BCUT2D eigenvalue weighted by molar-refractivity contribution is 6.31. The lowest BCUT2D eigenvalue weighted by Gasteiger charge is -2.29. The number of carbonyl (C=O) groups is 4. The van der Waals surface area contributed by atoms with Crippen LogP contribution in [-0.4, -0.2) is 70.9 Å². The topological polar surface area (TPSA) is 166 Å². The number of nitrogens with zero attached hydrogens (tertiary/aromatic N) is 2. The molecule has 1 aromatic heterocycles. The van der Waals surface area contributed by atoms with Gasteiger partial charge in [-0.05, 0) is 85.7 Å². The van der Waals surface area contributed by atoms with Crippen molar-refractivity contribution in [2.24, 2.45) is 5.73 Å². The van der Waals surface area contributed by atoms with E-state index in [2.05, 4.69) is 15.6 Å². The number of nitrogens with one attached hydrogen (secondary N) is 2. The number of amides is 3. The number of unbranched alkanes of at least 4 members (excludes halogenated alkanes) is 1. The van der Waals surface area contributed by atoms with Crippen LogP contribution in [0, 0.1) is 0 Å². The average molecular weight is 815 g/mol. The van der Waals surface area contributed by atoms with E-state index in [0.717, 1.165) is 16.7 Å². The van der Waals surface area contributed by atoms with Crippen molar-refractivity contribution in [1.29, 1.82) is 0 Å². The van der Waals surface area contributed by atoms with Gasteiger partial charge in [0.25, 0.3) is 5.89 Å². The molecule has 6 rings (SSSR count). The zero-order valence-electron chi connectivity index (χ0n) is 31.3. The van der Waals surface area contributed by atoms with Crippen molar-refractivity contribution in [3.8, 4) is 0 Å². The molecule has 0 unspecified atom stereocenters. The molecular formula is C43H45Cl2N5O7. The number of halogens is 2. The SMILES string of the molecule is NCCCC[C@H](NC(=O)[C@@H]1C[C@@H](OCc2ccc(Cl)cc2)CN1C(=O)[C@@H](CCc1ccccc1)NC(=O)OCc1ccccc1)C(=O)c1nc2cc(Cl)ccc2o1. The minimum atomic E-state index is -1.05. The lowest BCUT2D eigenvalue weighted by Crippen LogP contribution is -2.55. The van der Waals surface area contributed by atoms with Crippen molar-refractivity contribution in [2.75, 3.05) is 13.1 Å². The first-order chi connectivity index (χ1) is 27.7. The molecule has 0 radical (unpaired) electrons. The van der Waals surface area contributed by atoms with E-state index >= 15 is 0 Å². The number of Topliss-reactive ketones (excluding diaryl/α,β-unsaturated/α-hetero) is 1. The quantitative estimate of drug-likeness (QED) is 0.0621. The Morgan fingerprint density at radius 1 is 0.807 bits per heavy atom. The molecule has 0 bridgehead atoms. The molecule has 2 heterocycles. The second-order valence-electron chi connectivity index (χ2n) is 13.9. The Balaban J connectivity index is 1.24. The number of benzene rings is 4. The standard InChI is InChI=1S/C43H45Cl2N5O7/c44-31-17-14-30(15-18-31)26-55-33-24-37(40(52)47-34(13-7-8-22-46)39(51)41-48-36-23-32(45)19-21-38(36)57-41)50(25-33)42(53)35(20-16-28-9-3-1-4-10-28)49-43(54)56-27-29-11-5-2-6-12-29/h1-6,9-12,14-15,17-19,21,23,33-35,37H,7-8,13,16,20,22,24-27,46H2,(H,47,52)(H,49,54)/t33-,34+,35-,37+/m1/s1. The van der Waals surface area contributed by atoms with Gasteiger partial charge < -0.3 is 35.2 Å².